The van der Waals surface area contributed by atoms with E-state index >= 15 is 0 Å². The molecule has 0 aromatic heterocycles. The van der Waals surface area contributed by atoms with E-state index in [1.54, 1.807) is 15.9 Å². The highest BCUT2D eigenvalue weighted by molar-refractivity contribution is 6.36. The molecule has 124 valence electrons. The van der Waals surface area contributed by atoms with Crippen molar-refractivity contribution < 1.29 is 14.4 Å². The maximum atomic E-state index is 12.1. The first-order chi connectivity index (χ1) is 10.9. The first-order valence-corrected chi connectivity index (χ1v) is 7.90. The lowest BCUT2D eigenvalue weighted by atomic mass is 10.2. The van der Waals surface area contributed by atoms with Gasteiger partial charge in [0, 0.05) is 38.1 Å². The van der Waals surface area contributed by atoms with Gasteiger partial charge in [-0.1, -0.05) is 23.2 Å². The van der Waals surface area contributed by atoms with Crippen molar-refractivity contribution in [1.29, 1.82) is 0 Å². The molecule has 0 aliphatic carbocycles. The van der Waals surface area contributed by atoms with Crippen LogP contribution in [0.5, 0.6) is 0 Å². The van der Waals surface area contributed by atoms with E-state index in [1.165, 1.54) is 19.1 Å². The predicted molar refractivity (Wildman–Crippen MR) is 87.6 cm³/mol. The summed E-state index contributed by atoms with van der Waals surface area (Å²) < 4.78 is 0. The van der Waals surface area contributed by atoms with E-state index in [9.17, 15) is 14.4 Å². The zero-order valence-electron chi connectivity index (χ0n) is 12.6. The van der Waals surface area contributed by atoms with Gasteiger partial charge in [0.05, 0.1) is 17.1 Å². The molecule has 1 N–H and O–H groups in total. The lowest BCUT2D eigenvalue weighted by Crippen LogP contribution is -2.52. The Hall–Kier alpha value is -1.79. The smallest absolute Gasteiger partial charge is 0.253 e. The van der Waals surface area contributed by atoms with E-state index in [4.69, 9.17) is 23.2 Å². The molecule has 1 aliphatic heterocycles. The summed E-state index contributed by atoms with van der Waals surface area (Å²) in [6, 6.07) is 4.54. The van der Waals surface area contributed by atoms with Crippen molar-refractivity contribution in [2.45, 2.75) is 6.92 Å². The summed E-state index contributed by atoms with van der Waals surface area (Å²) in [5, 5.41) is 3.22. The van der Waals surface area contributed by atoms with E-state index in [0.29, 0.717) is 31.2 Å². The molecule has 1 aromatic rings. The lowest BCUT2D eigenvalue weighted by Gasteiger charge is -2.34. The van der Waals surface area contributed by atoms with Crippen LogP contribution in [-0.2, 0) is 9.59 Å². The summed E-state index contributed by atoms with van der Waals surface area (Å²) in [7, 11) is 0. The van der Waals surface area contributed by atoms with Gasteiger partial charge in [-0.3, -0.25) is 14.4 Å². The lowest BCUT2D eigenvalue weighted by molar-refractivity contribution is -0.137. The number of nitrogens with one attached hydrogen (secondary N) is 1. The summed E-state index contributed by atoms with van der Waals surface area (Å²) in [4.78, 5) is 38.7. The number of hydrogen-bond donors (Lipinski definition) is 1. The van der Waals surface area contributed by atoms with Crippen molar-refractivity contribution in [2.24, 2.45) is 0 Å². The second-order valence-corrected chi connectivity index (χ2v) is 6.04. The number of carbonyl (C=O) groups is 3. The molecule has 0 spiro atoms. The second-order valence-electron chi connectivity index (χ2n) is 5.19. The van der Waals surface area contributed by atoms with Crippen molar-refractivity contribution in [1.82, 2.24) is 15.1 Å². The van der Waals surface area contributed by atoms with E-state index in [2.05, 4.69) is 5.32 Å². The molecule has 6 nitrogen and oxygen atoms in total. The summed E-state index contributed by atoms with van der Waals surface area (Å²) in [5.41, 5.74) is 0.269. The third kappa shape index (κ3) is 4.59. The van der Waals surface area contributed by atoms with Gasteiger partial charge in [0.2, 0.25) is 11.8 Å². The van der Waals surface area contributed by atoms with Crippen LogP contribution >= 0.6 is 23.2 Å². The second kappa shape index (κ2) is 7.66. The highest BCUT2D eigenvalue weighted by Crippen LogP contribution is 2.20. The molecule has 0 atom stereocenters. The van der Waals surface area contributed by atoms with E-state index in [-0.39, 0.29) is 28.9 Å². The highest BCUT2D eigenvalue weighted by atomic mass is 35.5. The number of benzene rings is 1. The van der Waals surface area contributed by atoms with Crippen LogP contribution in [0.4, 0.5) is 0 Å². The molecular formula is C15H17Cl2N3O3. The number of amides is 3. The number of nitrogens with zero attached hydrogens (tertiary/aromatic N) is 2. The Balaban J connectivity index is 1.85. The van der Waals surface area contributed by atoms with E-state index in [0.717, 1.165) is 0 Å². The summed E-state index contributed by atoms with van der Waals surface area (Å²) in [6.45, 7) is 3.35. The average Bonchev–Trinajstić information content (AvgIpc) is 2.52. The van der Waals surface area contributed by atoms with Crippen LogP contribution in [0.1, 0.15) is 17.3 Å². The predicted octanol–water partition coefficient (Wildman–Crippen LogP) is 1.41. The number of halogens is 2. The van der Waals surface area contributed by atoms with Gasteiger partial charge >= 0.3 is 0 Å². The minimum absolute atomic E-state index is 0.00258. The monoisotopic (exact) mass is 357 g/mol. The molecule has 8 heteroatoms. The van der Waals surface area contributed by atoms with Gasteiger partial charge in [0.1, 0.15) is 0 Å². The fraction of sp³-hybridized carbons (Fsp3) is 0.400. The molecule has 1 aromatic carbocycles. The molecule has 23 heavy (non-hydrogen) atoms. The molecule has 1 heterocycles. The fourth-order valence-electron chi connectivity index (χ4n) is 2.31. The third-order valence-electron chi connectivity index (χ3n) is 3.65. The SMILES string of the molecule is CC(=O)N1CCN(C(=O)CNC(=O)c2ccc(Cl)cc2Cl)CC1. The van der Waals surface area contributed by atoms with Crippen LogP contribution in [-0.4, -0.2) is 60.2 Å². The Morgan fingerprint density at radius 1 is 1.09 bits per heavy atom. The number of rotatable bonds is 3. The van der Waals surface area contributed by atoms with Crippen molar-refractivity contribution >= 4 is 40.9 Å². The molecule has 1 saturated heterocycles. The van der Waals surface area contributed by atoms with Crippen molar-refractivity contribution in [3.8, 4) is 0 Å². The van der Waals surface area contributed by atoms with Crippen molar-refractivity contribution in [2.75, 3.05) is 32.7 Å². The Bertz CT molecular complexity index is 628. The molecule has 2 rings (SSSR count). The summed E-state index contributed by atoms with van der Waals surface area (Å²) in [5.74, 6) is -0.614. The Kier molecular flexibility index (Phi) is 5.85. The maximum absolute atomic E-state index is 12.1. The minimum atomic E-state index is -0.428. The normalized spacial score (nSPS) is 14.6. The topological polar surface area (TPSA) is 69.7 Å². The fourth-order valence-corrected chi connectivity index (χ4v) is 2.80. The van der Waals surface area contributed by atoms with Gasteiger partial charge < -0.3 is 15.1 Å². The quantitative estimate of drug-likeness (QED) is 0.889. The van der Waals surface area contributed by atoms with Crippen LogP contribution in [0.25, 0.3) is 0 Å². The highest BCUT2D eigenvalue weighted by Gasteiger charge is 2.22. The van der Waals surface area contributed by atoms with Crippen LogP contribution in [0.2, 0.25) is 10.0 Å². The summed E-state index contributed by atoms with van der Waals surface area (Å²) in [6.07, 6.45) is 0. The maximum Gasteiger partial charge on any atom is 0.253 e. The average molecular weight is 358 g/mol. The Morgan fingerprint density at radius 3 is 2.26 bits per heavy atom. The number of hydrogen-bond acceptors (Lipinski definition) is 3. The number of piperazine rings is 1. The van der Waals surface area contributed by atoms with E-state index < -0.39 is 5.91 Å². The van der Waals surface area contributed by atoms with E-state index in [1.807, 2.05) is 0 Å². The summed E-state index contributed by atoms with van der Waals surface area (Å²) >= 11 is 11.7. The molecule has 3 amide bonds. The molecule has 0 saturated carbocycles. The molecule has 0 radical (unpaired) electrons. The van der Waals surface area contributed by atoms with Gasteiger partial charge in [-0.2, -0.15) is 0 Å². The van der Waals surface area contributed by atoms with Gasteiger partial charge in [-0.05, 0) is 18.2 Å². The zero-order valence-corrected chi connectivity index (χ0v) is 14.2. The minimum Gasteiger partial charge on any atom is -0.343 e. The largest absolute Gasteiger partial charge is 0.343 e. The first kappa shape index (κ1) is 17.6. The van der Waals surface area contributed by atoms with Gasteiger partial charge in [0.15, 0.2) is 0 Å². The Labute approximate surface area is 144 Å². The first-order valence-electron chi connectivity index (χ1n) is 7.15. The third-order valence-corrected chi connectivity index (χ3v) is 4.20. The van der Waals surface area contributed by atoms with Gasteiger partial charge in [-0.25, -0.2) is 0 Å². The molecule has 0 unspecified atom stereocenters. The molecular weight excluding hydrogens is 341 g/mol. The van der Waals surface area contributed by atoms with Crippen molar-refractivity contribution in [3.05, 3.63) is 33.8 Å². The molecule has 0 bridgehead atoms. The zero-order chi connectivity index (χ0) is 17.0. The molecule has 1 fully saturated rings. The van der Waals surface area contributed by atoms with Crippen molar-refractivity contribution in [3.63, 3.8) is 0 Å². The standard InChI is InChI=1S/C15H17Cl2N3O3/c1-10(21)19-4-6-20(7-5-19)14(22)9-18-15(23)12-3-2-11(16)8-13(12)17/h2-3,8H,4-7,9H2,1H3,(H,18,23). The van der Waals surface area contributed by atoms with Crippen LogP contribution in [0.3, 0.4) is 0 Å². The Morgan fingerprint density at radius 2 is 1.70 bits per heavy atom. The van der Waals surface area contributed by atoms with Gasteiger partial charge in [0.25, 0.3) is 5.91 Å². The van der Waals surface area contributed by atoms with Crippen LogP contribution in [0.15, 0.2) is 18.2 Å². The van der Waals surface area contributed by atoms with Crippen LogP contribution in [0, 0.1) is 0 Å². The number of carbonyl (C=O) groups excluding carboxylic acids is 3. The van der Waals surface area contributed by atoms with Crippen LogP contribution < -0.4 is 5.32 Å². The molecule has 1 aliphatic rings. The van der Waals surface area contributed by atoms with Gasteiger partial charge in [-0.15, -0.1) is 0 Å².